The van der Waals surface area contributed by atoms with Crippen molar-refractivity contribution >= 4 is 29.2 Å². The molecule has 1 amide bonds. The highest BCUT2D eigenvalue weighted by Gasteiger charge is 2.48. The largest absolute Gasteiger partial charge is 0.497 e. The number of halogens is 1. The van der Waals surface area contributed by atoms with Gasteiger partial charge < -0.3 is 28.8 Å². The van der Waals surface area contributed by atoms with Gasteiger partial charge in [-0.2, -0.15) is 0 Å². The van der Waals surface area contributed by atoms with Crippen molar-refractivity contribution in [3.63, 3.8) is 0 Å². The Morgan fingerprint density at radius 3 is 2.47 bits per heavy atom. The lowest BCUT2D eigenvalue weighted by Gasteiger charge is -2.27. The van der Waals surface area contributed by atoms with Gasteiger partial charge in [0.15, 0.2) is 11.5 Å². The highest BCUT2D eigenvalue weighted by Crippen LogP contribution is 2.46. The van der Waals surface area contributed by atoms with Gasteiger partial charge in [-0.15, -0.1) is 0 Å². The van der Waals surface area contributed by atoms with Gasteiger partial charge in [0.1, 0.15) is 5.75 Å². The monoisotopic (exact) mass is 606 g/mol. The Balaban J connectivity index is 1.28. The van der Waals surface area contributed by atoms with Gasteiger partial charge in [0.25, 0.3) is 11.7 Å². The average Bonchev–Trinajstić information content (AvgIpc) is 3.61. The molecule has 0 bridgehead atoms. The zero-order valence-electron chi connectivity index (χ0n) is 23.6. The molecule has 0 spiro atoms. The standard InChI is InChI=1S/C32H31ClN2O8/c1-39-25-9-7-24(8-10-25)32(38)26(29(31(37)43-32)23-6-11-27-28(19-23)42-20-41-27)18-21-2-4-22(5-3-21)30(36)35(33)13-12-34-14-16-40-17-15-34/h2-11,19,38H,12-18,20H2,1H3. The van der Waals surface area contributed by atoms with Gasteiger partial charge in [-0.05, 0) is 59.7 Å². The third-order valence-corrected chi connectivity index (χ3v) is 8.14. The summed E-state index contributed by atoms with van der Waals surface area (Å²) in [5.41, 5.74) is 2.66. The third-order valence-electron chi connectivity index (χ3n) is 7.82. The molecule has 1 unspecified atom stereocenters. The molecule has 1 N–H and O–H groups in total. The molecule has 1 saturated heterocycles. The average molecular weight is 607 g/mol. The predicted molar refractivity (Wildman–Crippen MR) is 157 cm³/mol. The number of hydrogen-bond donors (Lipinski definition) is 1. The molecule has 3 aromatic rings. The van der Waals surface area contributed by atoms with Crippen LogP contribution in [0.4, 0.5) is 0 Å². The summed E-state index contributed by atoms with van der Waals surface area (Å²) in [5.74, 6) is -1.35. The van der Waals surface area contributed by atoms with E-state index < -0.39 is 11.8 Å². The molecular weight excluding hydrogens is 576 g/mol. The van der Waals surface area contributed by atoms with E-state index in [0.717, 1.165) is 18.7 Å². The molecule has 224 valence electrons. The van der Waals surface area contributed by atoms with Crippen LogP contribution in [0, 0.1) is 0 Å². The molecule has 0 saturated carbocycles. The Morgan fingerprint density at radius 1 is 1.02 bits per heavy atom. The zero-order valence-corrected chi connectivity index (χ0v) is 24.3. The summed E-state index contributed by atoms with van der Waals surface area (Å²) in [6.45, 7) is 4.10. The van der Waals surface area contributed by atoms with Crippen molar-refractivity contribution in [3.05, 3.63) is 94.6 Å². The molecule has 1 fully saturated rings. The summed E-state index contributed by atoms with van der Waals surface area (Å²) in [6.07, 6.45) is 0.161. The third kappa shape index (κ3) is 5.92. The van der Waals surface area contributed by atoms with E-state index in [1.165, 1.54) is 4.42 Å². The molecule has 3 heterocycles. The summed E-state index contributed by atoms with van der Waals surface area (Å²) in [6, 6.07) is 18.8. The van der Waals surface area contributed by atoms with Crippen molar-refractivity contribution in [2.24, 2.45) is 0 Å². The summed E-state index contributed by atoms with van der Waals surface area (Å²) in [4.78, 5) is 28.6. The van der Waals surface area contributed by atoms with E-state index in [1.54, 1.807) is 73.8 Å². The molecule has 43 heavy (non-hydrogen) atoms. The van der Waals surface area contributed by atoms with Gasteiger partial charge >= 0.3 is 5.97 Å². The number of aliphatic hydroxyl groups is 1. The molecule has 3 aromatic carbocycles. The highest BCUT2D eigenvalue weighted by molar-refractivity contribution is 6.24. The van der Waals surface area contributed by atoms with Crippen LogP contribution in [0.3, 0.4) is 0 Å². The number of amides is 1. The van der Waals surface area contributed by atoms with Gasteiger partial charge in [0.2, 0.25) is 6.79 Å². The van der Waals surface area contributed by atoms with Crippen LogP contribution < -0.4 is 14.2 Å². The normalized spacial score (nSPS) is 19.8. The van der Waals surface area contributed by atoms with E-state index in [2.05, 4.69) is 4.90 Å². The van der Waals surface area contributed by atoms with Gasteiger partial charge in [-0.1, -0.05) is 18.2 Å². The summed E-state index contributed by atoms with van der Waals surface area (Å²) < 4.78 is 28.5. The first kappa shape index (κ1) is 29.0. The molecule has 10 nitrogen and oxygen atoms in total. The molecule has 3 aliphatic rings. The minimum absolute atomic E-state index is 0.0862. The van der Waals surface area contributed by atoms with E-state index in [4.69, 9.17) is 35.5 Å². The number of fused-ring (bicyclic) bond motifs is 1. The number of esters is 1. The van der Waals surface area contributed by atoms with Crippen LogP contribution in [0.2, 0.25) is 0 Å². The van der Waals surface area contributed by atoms with Gasteiger partial charge in [0, 0.05) is 54.5 Å². The van der Waals surface area contributed by atoms with Gasteiger partial charge in [-0.25, -0.2) is 9.21 Å². The lowest BCUT2D eigenvalue weighted by atomic mass is 9.88. The Labute approximate surface area is 254 Å². The minimum atomic E-state index is -2.03. The van der Waals surface area contributed by atoms with E-state index in [0.29, 0.717) is 65.8 Å². The molecule has 6 rings (SSSR count). The SMILES string of the molecule is COc1ccc(C2(O)OC(=O)C(c3ccc4c(c3)OCO4)=C2Cc2ccc(C(=O)N(Cl)CCN3CCOCC3)cc2)cc1. The number of ether oxygens (including phenoxy) is 5. The van der Waals surface area contributed by atoms with Crippen molar-refractivity contribution in [2.45, 2.75) is 12.2 Å². The van der Waals surface area contributed by atoms with Crippen LogP contribution >= 0.6 is 11.8 Å². The number of benzene rings is 3. The van der Waals surface area contributed by atoms with Crippen LogP contribution in [-0.4, -0.2) is 79.6 Å². The van der Waals surface area contributed by atoms with Gasteiger partial charge in [-0.3, -0.25) is 9.69 Å². The topological polar surface area (TPSA) is 107 Å². The molecule has 0 aliphatic carbocycles. The van der Waals surface area contributed by atoms with Crippen molar-refractivity contribution in [3.8, 4) is 17.2 Å². The first-order valence-corrected chi connectivity index (χ1v) is 14.3. The molecule has 3 aliphatic heterocycles. The van der Waals surface area contributed by atoms with Crippen LogP contribution in [0.15, 0.2) is 72.3 Å². The number of morpholine rings is 1. The Bertz CT molecular complexity index is 1540. The quantitative estimate of drug-likeness (QED) is 0.288. The number of methoxy groups -OCH3 is 1. The fourth-order valence-electron chi connectivity index (χ4n) is 5.41. The van der Waals surface area contributed by atoms with E-state index in [1.807, 2.05) is 0 Å². The summed E-state index contributed by atoms with van der Waals surface area (Å²) in [7, 11) is 1.55. The Hall–Kier alpha value is -4.09. The molecule has 11 heteroatoms. The number of carbonyl (C=O) groups excluding carboxylic acids is 2. The predicted octanol–water partition coefficient (Wildman–Crippen LogP) is 3.75. The maximum absolute atomic E-state index is 13.4. The number of hydrogen-bond acceptors (Lipinski definition) is 9. The minimum Gasteiger partial charge on any atom is -0.497 e. The zero-order chi connectivity index (χ0) is 30.0. The number of cyclic esters (lactones) is 1. The smallest absolute Gasteiger partial charge is 0.342 e. The van der Waals surface area contributed by atoms with Crippen molar-refractivity contribution < 1.29 is 38.4 Å². The molecule has 0 aromatic heterocycles. The second-order valence-corrected chi connectivity index (χ2v) is 10.8. The first-order chi connectivity index (χ1) is 20.9. The highest BCUT2D eigenvalue weighted by atomic mass is 35.5. The number of carbonyl (C=O) groups is 2. The fraction of sp³-hybridized carbons (Fsp3) is 0.312. The summed E-state index contributed by atoms with van der Waals surface area (Å²) in [5, 5.41) is 11.9. The van der Waals surface area contributed by atoms with Crippen LogP contribution in [0.25, 0.3) is 5.57 Å². The lowest BCUT2D eigenvalue weighted by molar-refractivity contribution is -0.185. The van der Waals surface area contributed by atoms with Crippen LogP contribution in [0.5, 0.6) is 17.2 Å². The molecule has 0 radical (unpaired) electrons. The van der Waals surface area contributed by atoms with Crippen LogP contribution in [-0.2, 0) is 26.5 Å². The van der Waals surface area contributed by atoms with Crippen molar-refractivity contribution in [1.82, 2.24) is 9.32 Å². The second-order valence-electron chi connectivity index (χ2n) is 10.4. The number of nitrogens with zero attached hydrogens (tertiary/aromatic N) is 2. The van der Waals surface area contributed by atoms with E-state index in [-0.39, 0.29) is 24.7 Å². The second kappa shape index (κ2) is 12.3. The molecule has 1 atom stereocenters. The van der Waals surface area contributed by atoms with Gasteiger partial charge in [0.05, 0.1) is 32.4 Å². The molecular formula is C32H31ClN2O8. The van der Waals surface area contributed by atoms with Crippen molar-refractivity contribution in [1.29, 1.82) is 0 Å². The maximum Gasteiger partial charge on any atom is 0.342 e. The first-order valence-electron chi connectivity index (χ1n) is 14.0. The number of rotatable bonds is 9. The fourth-order valence-corrected chi connectivity index (χ4v) is 5.58. The van der Waals surface area contributed by atoms with E-state index >= 15 is 0 Å². The van der Waals surface area contributed by atoms with Crippen LogP contribution in [0.1, 0.15) is 27.0 Å². The summed E-state index contributed by atoms with van der Waals surface area (Å²) >= 11 is 6.34. The lowest BCUT2D eigenvalue weighted by Crippen LogP contribution is -2.40. The van der Waals surface area contributed by atoms with E-state index in [9.17, 15) is 14.7 Å². The Morgan fingerprint density at radius 2 is 1.74 bits per heavy atom. The van der Waals surface area contributed by atoms with Crippen molar-refractivity contribution in [2.75, 3.05) is 53.3 Å². The maximum atomic E-state index is 13.4. The Kier molecular flexibility index (Phi) is 8.27.